The molecule has 0 aliphatic carbocycles. The van der Waals surface area contributed by atoms with E-state index in [0.29, 0.717) is 0 Å². The standard InChI is InChI=1S/C96H74/c1-93(2,3)63-41-55-17-13-51-21-29-67(71-33-25-59(45-63)83(55)87(51)71)79-49-80(68-30-22-52-14-18-56-42-64(94(4,5)6)46-60-26-34-72(68)88(52)84(56)60)76-39-40-78-82(70-32-24-54-16-20-58-44-66(96(10,11)12)48-62-28-36-74(70)90(54)86(58)62)50-81(77-38-37-75(79)91(76)92(77)78)69-31-23-53-15-19-57-43-65(95(7,8)9)47-61-27-35-73(69)89(53)85(57)61/h13-50H,1-12H3. The van der Waals surface area contributed by atoms with E-state index in [1.54, 1.807) is 0 Å². The van der Waals surface area contributed by atoms with Crippen LogP contribution in [0.25, 0.3) is 206 Å². The van der Waals surface area contributed by atoms with Gasteiger partial charge in [0.2, 0.25) is 0 Å². The lowest BCUT2D eigenvalue weighted by Gasteiger charge is -2.25. The predicted molar refractivity (Wildman–Crippen MR) is 422 cm³/mol. The number of benzene rings is 20. The first-order chi connectivity index (χ1) is 46.1. The Balaban J connectivity index is 0.944. The minimum Gasteiger partial charge on any atom is -0.0561 e. The van der Waals surface area contributed by atoms with E-state index in [1.807, 2.05) is 0 Å². The van der Waals surface area contributed by atoms with Crippen LogP contribution < -0.4 is 0 Å². The molecule has 0 nitrogen and oxygen atoms in total. The van der Waals surface area contributed by atoms with Crippen LogP contribution in [0.4, 0.5) is 0 Å². The Labute approximate surface area is 560 Å². The fraction of sp³-hybridized carbons (Fsp3) is 0.167. The smallest absolute Gasteiger partial charge is 0.00139 e. The zero-order valence-electron chi connectivity index (χ0n) is 56.9. The molecule has 0 aromatic heterocycles. The van der Waals surface area contributed by atoms with E-state index in [2.05, 4.69) is 314 Å². The van der Waals surface area contributed by atoms with Gasteiger partial charge < -0.3 is 0 Å². The summed E-state index contributed by atoms with van der Waals surface area (Å²) in [5.74, 6) is 0. The topological polar surface area (TPSA) is 0 Å². The van der Waals surface area contributed by atoms with Gasteiger partial charge in [-0.1, -0.05) is 301 Å². The lowest BCUT2D eigenvalue weighted by Crippen LogP contribution is -2.10. The molecular formula is C96H74. The minimum absolute atomic E-state index is 0.0147. The highest BCUT2D eigenvalue weighted by molar-refractivity contribution is 6.37. The van der Waals surface area contributed by atoms with Crippen molar-refractivity contribution in [1.82, 2.24) is 0 Å². The summed E-state index contributed by atoms with van der Waals surface area (Å²) in [7, 11) is 0. The van der Waals surface area contributed by atoms with Crippen LogP contribution in [-0.2, 0) is 21.7 Å². The summed E-state index contributed by atoms with van der Waals surface area (Å²) in [6.07, 6.45) is 0. The largest absolute Gasteiger partial charge is 0.0561 e. The number of hydrogen-bond donors (Lipinski definition) is 0. The van der Waals surface area contributed by atoms with Crippen LogP contribution in [0.5, 0.6) is 0 Å². The highest BCUT2D eigenvalue weighted by Crippen LogP contribution is 2.55. The second-order valence-electron chi connectivity index (χ2n) is 32.8. The maximum Gasteiger partial charge on any atom is -0.00139 e. The first-order valence-corrected chi connectivity index (χ1v) is 34.8. The quantitative estimate of drug-likeness (QED) is 0.154. The third-order valence-electron chi connectivity index (χ3n) is 22.9. The fourth-order valence-electron chi connectivity index (χ4n) is 17.8. The van der Waals surface area contributed by atoms with Gasteiger partial charge in [0.05, 0.1) is 0 Å². The van der Waals surface area contributed by atoms with E-state index < -0.39 is 0 Å². The van der Waals surface area contributed by atoms with Gasteiger partial charge in [0, 0.05) is 0 Å². The fourth-order valence-corrected chi connectivity index (χ4v) is 17.8. The SMILES string of the molecule is CC(C)(C)c1cc2ccc3ccc(-c4cc(-c5ccc6ccc7cc(C(C)(C)C)cc8ccc5c6c78)c5ccc6c(-c7ccc8ccc9cc(C(C)(C)C)cc%10ccc7c8c9%10)cc(-c7ccc8ccc9cc(C(C)(C)C)cc%10ccc7c8c9%10)c7ccc4c5c76)c4ccc(c1)c2c34. The lowest BCUT2D eigenvalue weighted by molar-refractivity contribution is 0.591. The molecule has 0 amide bonds. The van der Waals surface area contributed by atoms with Crippen LogP contribution in [0.1, 0.15) is 105 Å². The maximum absolute atomic E-state index is 2.59. The molecule has 0 spiro atoms. The van der Waals surface area contributed by atoms with Crippen LogP contribution in [0.15, 0.2) is 231 Å². The van der Waals surface area contributed by atoms with E-state index in [-0.39, 0.29) is 21.7 Å². The molecule has 0 aliphatic heterocycles. The van der Waals surface area contributed by atoms with Crippen molar-refractivity contribution >= 4 is 162 Å². The highest BCUT2D eigenvalue weighted by Gasteiger charge is 2.29. The van der Waals surface area contributed by atoms with Crippen LogP contribution in [0.3, 0.4) is 0 Å². The van der Waals surface area contributed by atoms with Gasteiger partial charge in [-0.25, -0.2) is 0 Å². The maximum atomic E-state index is 2.59. The first-order valence-electron chi connectivity index (χ1n) is 34.8. The minimum atomic E-state index is 0.0147. The molecule has 20 rings (SSSR count). The highest BCUT2D eigenvalue weighted by atomic mass is 14.3. The molecule has 0 bridgehead atoms. The molecule has 0 radical (unpaired) electrons. The Morgan fingerprint density at radius 1 is 0.135 bits per heavy atom. The van der Waals surface area contributed by atoms with Crippen molar-refractivity contribution in [2.45, 2.75) is 105 Å². The van der Waals surface area contributed by atoms with E-state index in [0.717, 1.165) is 0 Å². The molecule has 0 atom stereocenters. The van der Waals surface area contributed by atoms with Crippen LogP contribution in [0, 0.1) is 0 Å². The van der Waals surface area contributed by atoms with Gasteiger partial charge in [0.15, 0.2) is 0 Å². The van der Waals surface area contributed by atoms with Gasteiger partial charge >= 0.3 is 0 Å². The second-order valence-corrected chi connectivity index (χ2v) is 32.8. The molecule has 0 heterocycles. The zero-order chi connectivity index (χ0) is 65.1. The van der Waals surface area contributed by atoms with E-state index in [9.17, 15) is 0 Å². The van der Waals surface area contributed by atoms with Crippen molar-refractivity contribution in [3.05, 3.63) is 253 Å². The molecule has 0 saturated carbocycles. The van der Waals surface area contributed by atoms with Gasteiger partial charge in [0.25, 0.3) is 0 Å². The Hall–Kier alpha value is -10.4. The second kappa shape index (κ2) is 18.7. The van der Waals surface area contributed by atoms with Crippen molar-refractivity contribution < 1.29 is 0 Å². The molecular weight excluding hydrogens is 1150 g/mol. The predicted octanol–water partition coefficient (Wildman–Crippen LogP) is 28.0. The zero-order valence-corrected chi connectivity index (χ0v) is 56.9. The Kier molecular flexibility index (Phi) is 10.9. The van der Waals surface area contributed by atoms with Crippen molar-refractivity contribution in [1.29, 1.82) is 0 Å². The van der Waals surface area contributed by atoms with Gasteiger partial charge in [-0.15, -0.1) is 0 Å². The first kappa shape index (κ1) is 56.0. The third-order valence-corrected chi connectivity index (χ3v) is 22.9. The van der Waals surface area contributed by atoms with Crippen molar-refractivity contribution in [3.63, 3.8) is 0 Å². The Morgan fingerprint density at radius 3 is 0.490 bits per heavy atom. The molecule has 0 saturated heterocycles. The average Bonchev–Trinajstić information content (AvgIpc) is 0.678. The van der Waals surface area contributed by atoms with E-state index in [4.69, 9.17) is 0 Å². The van der Waals surface area contributed by atoms with Crippen LogP contribution in [-0.4, -0.2) is 0 Å². The average molecular weight is 1230 g/mol. The Bertz CT molecular complexity index is 5870. The molecule has 0 N–H and O–H groups in total. The Morgan fingerprint density at radius 2 is 0.292 bits per heavy atom. The summed E-state index contributed by atoms with van der Waals surface area (Å²) in [6.45, 7) is 28.0. The van der Waals surface area contributed by atoms with Crippen molar-refractivity contribution in [2.24, 2.45) is 0 Å². The summed E-state index contributed by atoms with van der Waals surface area (Å²) in [5.41, 5.74) is 15.5. The van der Waals surface area contributed by atoms with Crippen LogP contribution in [0.2, 0.25) is 0 Å². The molecule has 0 unspecified atom stereocenters. The monoisotopic (exact) mass is 1230 g/mol. The lowest BCUT2D eigenvalue weighted by atomic mass is 9.78. The van der Waals surface area contributed by atoms with E-state index in [1.165, 1.54) is 228 Å². The van der Waals surface area contributed by atoms with Gasteiger partial charge in [-0.05, 0) is 262 Å². The van der Waals surface area contributed by atoms with Gasteiger partial charge in [-0.3, -0.25) is 0 Å². The summed E-state index contributed by atoms with van der Waals surface area (Å²) < 4.78 is 0. The summed E-state index contributed by atoms with van der Waals surface area (Å²) in [4.78, 5) is 0. The summed E-state index contributed by atoms with van der Waals surface area (Å²) in [6, 6.07) is 92.4. The molecule has 96 heavy (non-hydrogen) atoms. The summed E-state index contributed by atoms with van der Waals surface area (Å²) >= 11 is 0. The number of rotatable bonds is 4. The molecule has 0 fully saturated rings. The number of hydrogen-bond acceptors (Lipinski definition) is 0. The molecule has 20 aromatic carbocycles. The normalized spacial score (nSPS) is 13.4. The van der Waals surface area contributed by atoms with Gasteiger partial charge in [0.1, 0.15) is 0 Å². The molecule has 20 aromatic rings. The van der Waals surface area contributed by atoms with Crippen molar-refractivity contribution in [2.75, 3.05) is 0 Å². The van der Waals surface area contributed by atoms with E-state index >= 15 is 0 Å². The summed E-state index contributed by atoms with van der Waals surface area (Å²) in [5, 5.41) is 39.1. The van der Waals surface area contributed by atoms with Crippen LogP contribution >= 0.6 is 0 Å². The molecule has 458 valence electrons. The third kappa shape index (κ3) is 7.73. The molecule has 0 aliphatic rings. The van der Waals surface area contributed by atoms with Crippen molar-refractivity contribution in [3.8, 4) is 44.5 Å². The van der Waals surface area contributed by atoms with Gasteiger partial charge in [-0.2, -0.15) is 0 Å². The molecule has 0 heteroatoms.